The highest BCUT2D eigenvalue weighted by Crippen LogP contribution is 2.19. The van der Waals surface area contributed by atoms with Gasteiger partial charge in [-0.3, -0.25) is 9.80 Å². The molecule has 84 valence electrons. The highest BCUT2D eigenvalue weighted by Gasteiger charge is 2.31. The minimum atomic E-state index is 0.682. The molecule has 1 rings (SSSR count). The summed E-state index contributed by atoms with van der Waals surface area (Å²) in [6.07, 6.45) is 0. The predicted octanol–water partition coefficient (Wildman–Crippen LogP) is 2.20. The Morgan fingerprint density at radius 1 is 0.786 bits per heavy atom. The first-order valence-electron chi connectivity index (χ1n) is 5.95. The largest absolute Gasteiger partial charge is 0.295 e. The van der Waals surface area contributed by atoms with Crippen LogP contribution in [0, 0.1) is 0 Å². The van der Waals surface area contributed by atoms with Crippen LogP contribution < -0.4 is 0 Å². The second-order valence-corrected chi connectivity index (χ2v) is 5.28. The van der Waals surface area contributed by atoms with E-state index in [2.05, 4.69) is 51.3 Å². The first-order valence-corrected chi connectivity index (χ1v) is 5.95. The third-order valence-corrected chi connectivity index (χ3v) is 3.41. The van der Waals surface area contributed by atoms with Gasteiger partial charge in [0.25, 0.3) is 0 Å². The van der Waals surface area contributed by atoms with E-state index in [-0.39, 0.29) is 0 Å². The van der Waals surface area contributed by atoms with Gasteiger partial charge in [0.2, 0.25) is 0 Å². The molecule has 1 fully saturated rings. The minimum absolute atomic E-state index is 0.682. The van der Waals surface area contributed by atoms with Gasteiger partial charge in [0.05, 0.1) is 0 Å². The van der Waals surface area contributed by atoms with E-state index >= 15 is 0 Å². The van der Waals surface area contributed by atoms with Crippen LogP contribution in [0.4, 0.5) is 0 Å². The van der Waals surface area contributed by atoms with E-state index in [1.807, 2.05) is 0 Å². The van der Waals surface area contributed by atoms with E-state index in [4.69, 9.17) is 0 Å². The van der Waals surface area contributed by atoms with Crippen LogP contribution in [0.3, 0.4) is 0 Å². The van der Waals surface area contributed by atoms with Gasteiger partial charge in [0.15, 0.2) is 0 Å². The van der Waals surface area contributed by atoms with Crippen LogP contribution in [-0.2, 0) is 0 Å². The van der Waals surface area contributed by atoms with Gasteiger partial charge in [0.1, 0.15) is 0 Å². The fraction of sp³-hybridized carbons (Fsp3) is 1.00. The van der Waals surface area contributed by atoms with Crippen molar-refractivity contribution in [3.8, 4) is 0 Å². The summed E-state index contributed by atoms with van der Waals surface area (Å²) in [4.78, 5) is 5.23. The van der Waals surface area contributed by atoms with Crippen molar-refractivity contribution in [2.45, 2.75) is 65.7 Å². The molecule has 2 atom stereocenters. The highest BCUT2D eigenvalue weighted by molar-refractivity contribution is 4.87. The summed E-state index contributed by atoms with van der Waals surface area (Å²) in [5.74, 6) is 0. The van der Waals surface area contributed by atoms with Crippen molar-refractivity contribution >= 4 is 0 Å². The summed E-state index contributed by atoms with van der Waals surface area (Å²) in [6, 6.07) is 2.77. The maximum Gasteiger partial charge on any atom is 0.0198 e. The third-order valence-electron chi connectivity index (χ3n) is 3.41. The van der Waals surface area contributed by atoms with Crippen molar-refractivity contribution in [2.24, 2.45) is 0 Å². The molecule has 0 saturated carbocycles. The van der Waals surface area contributed by atoms with Gasteiger partial charge in [-0.25, -0.2) is 0 Å². The number of hydrogen-bond acceptors (Lipinski definition) is 2. The van der Waals surface area contributed by atoms with E-state index in [0.29, 0.717) is 24.2 Å². The van der Waals surface area contributed by atoms with E-state index < -0.39 is 0 Å². The zero-order chi connectivity index (χ0) is 10.9. The zero-order valence-electron chi connectivity index (χ0n) is 10.6. The SMILES string of the molecule is CC(C)N1C[C@H](C)N(C(C)C)C[C@H]1C. The van der Waals surface area contributed by atoms with E-state index in [1.165, 1.54) is 13.1 Å². The summed E-state index contributed by atoms with van der Waals surface area (Å²) >= 11 is 0. The molecule has 2 heteroatoms. The molecule has 2 nitrogen and oxygen atoms in total. The Labute approximate surface area is 89.3 Å². The van der Waals surface area contributed by atoms with Crippen LogP contribution >= 0.6 is 0 Å². The van der Waals surface area contributed by atoms with E-state index in [9.17, 15) is 0 Å². The van der Waals surface area contributed by atoms with Gasteiger partial charge < -0.3 is 0 Å². The summed E-state index contributed by atoms with van der Waals surface area (Å²) in [5.41, 5.74) is 0. The van der Waals surface area contributed by atoms with Crippen molar-refractivity contribution in [3.63, 3.8) is 0 Å². The number of rotatable bonds is 2. The lowest BCUT2D eigenvalue weighted by molar-refractivity contribution is 0.00740. The van der Waals surface area contributed by atoms with Crippen molar-refractivity contribution in [2.75, 3.05) is 13.1 Å². The second-order valence-electron chi connectivity index (χ2n) is 5.28. The molecule has 1 saturated heterocycles. The number of piperazine rings is 1. The molecule has 0 amide bonds. The highest BCUT2D eigenvalue weighted by atomic mass is 15.3. The molecule has 0 radical (unpaired) electrons. The van der Waals surface area contributed by atoms with Gasteiger partial charge in [0, 0.05) is 37.3 Å². The maximum absolute atomic E-state index is 2.61. The number of nitrogens with zero attached hydrogens (tertiary/aromatic N) is 2. The summed E-state index contributed by atoms with van der Waals surface area (Å²) in [6.45, 7) is 16.3. The molecule has 1 heterocycles. The molecule has 0 spiro atoms. The van der Waals surface area contributed by atoms with Gasteiger partial charge in [-0.2, -0.15) is 0 Å². The fourth-order valence-electron chi connectivity index (χ4n) is 2.62. The lowest BCUT2D eigenvalue weighted by Crippen LogP contribution is -2.59. The normalized spacial score (nSPS) is 31.7. The van der Waals surface area contributed by atoms with Crippen molar-refractivity contribution in [3.05, 3.63) is 0 Å². The van der Waals surface area contributed by atoms with Gasteiger partial charge in [-0.05, 0) is 41.5 Å². The Balaban J connectivity index is 2.62. The first kappa shape index (κ1) is 12.0. The topological polar surface area (TPSA) is 6.48 Å². The van der Waals surface area contributed by atoms with Gasteiger partial charge >= 0.3 is 0 Å². The smallest absolute Gasteiger partial charge is 0.0198 e. The first-order chi connectivity index (χ1) is 6.43. The third kappa shape index (κ3) is 2.48. The van der Waals surface area contributed by atoms with Crippen molar-refractivity contribution in [1.82, 2.24) is 9.80 Å². The molecule has 0 bridgehead atoms. The monoisotopic (exact) mass is 198 g/mol. The van der Waals surface area contributed by atoms with Crippen molar-refractivity contribution < 1.29 is 0 Å². The molecule has 1 aliphatic heterocycles. The Morgan fingerprint density at radius 3 is 1.29 bits per heavy atom. The standard InChI is InChI=1S/C12H26N2/c1-9(2)13-7-12(6)14(10(3)4)8-11(13)5/h9-12H,7-8H2,1-6H3/t11-,12+. The van der Waals surface area contributed by atoms with Crippen LogP contribution in [-0.4, -0.2) is 47.1 Å². The van der Waals surface area contributed by atoms with Crippen LogP contribution in [0.5, 0.6) is 0 Å². The van der Waals surface area contributed by atoms with Gasteiger partial charge in [-0.15, -0.1) is 0 Å². The van der Waals surface area contributed by atoms with Crippen LogP contribution in [0.25, 0.3) is 0 Å². The zero-order valence-corrected chi connectivity index (χ0v) is 10.6. The molecule has 0 aliphatic carbocycles. The fourth-order valence-corrected chi connectivity index (χ4v) is 2.62. The Morgan fingerprint density at radius 2 is 1.07 bits per heavy atom. The summed E-state index contributed by atoms with van der Waals surface area (Å²) in [5, 5.41) is 0. The van der Waals surface area contributed by atoms with Crippen molar-refractivity contribution in [1.29, 1.82) is 0 Å². The average Bonchev–Trinajstić information content (AvgIpc) is 2.07. The predicted molar refractivity (Wildman–Crippen MR) is 62.6 cm³/mol. The van der Waals surface area contributed by atoms with E-state index in [0.717, 1.165) is 0 Å². The molecule has 0 aromatic rings. The molecule has 0 unspecified atom stereocenters. The molecule has 14 heavy (non-hydrogen) atoms. The minimum Gasteiger partial charge on any atom is -0.295 e. The molecular weight excluding hydrogens is 172 g/mol. The number of hydrogen-bond donors (Lipinski definition) is 0. The van der Waals surface area contributed by atoms with Crippen LogP contribution in [0.2, 0.25) is 0 Å². The lowest BCUT2D eigenvalue weighted by Gasteiger charge is -2.47. The second kappa shape index (κ2) is 4.63. The molecule has 0 aromatic carbocycles. The molecular formula is C12H26N2. The Bertz CT molecular complexity index is 157. The van der Waals surface area contributed by atoms with Crippen LogP contribution in [0.15, 0.2) is 0 Å². The van der Waals surface area contributed by atoms with E-state index in [1.54, 1.807) is 0 Å². The lowest BCUT2D eigenvalue weighted by atomic mass is 10.0. The average molecular weight is 198 g/mol. The molecule has 0 aromatic heterocycles. The Hall–Kier alpha value is -0.0800. The summed E-state index contributed by atoms with van der Waals surface area (Å²) < 4.78 is 0. The molecule has 1 aliphatic rings. The molecule has 0 N–H and O–H groups in total. The quantitative estimate of drug-likeness (QED) is 0.671. The maximum atomic E-state index is 2.61. The summed E-state index contributed by atoms with van der Waals surface area (Å²) in [7, 11) is 0. The van der Waals surface area contributed by atoms with Crippen LogP contribution in [0.1, 0.15) is 41.5 Å². The Kier molecular flexibility index (Phi) is 3.96. The van der Waals surface area contributed by atoms with Gasteiger partial charge in [-0.1, -0.05) is 0 Å².